The van der Waals surface area contributed by atoms with Crippen LogP contribution < -0.4 is 5.32 Å². The molecule has 2 aromatic rings. The Morgan fingerprint density at radius 1 is 1.25 bits per heavy atom. The van der Waals surface area contributed by atoms with Gasteiger partial charge in [0, 0.05) is 11.9 Å². The van der Waals surface area contributed by atoms with Crippen LogP contribution in [-0.4, -0.2) is 34.8 Å². The number of anilines is 1. The summed E-state index contributed by atoms with van der Waals surface area (Å²) in [5.41, 5.74) is 1.61. The van der Waals surface area contributed by atoms with Gasteiger partial charge < -0.3 is 10.2 Å². The second-order valence-electron chi connectivity index (χ2n) is 7.34. The molecule has 1 atom stereocenters. The molecule has 2 amide bonds. The molecule has 0 aliphatic heterocycles. The van der Waals surface area contributed by atoms with Crippen molar-refractivity contribution in [1.82, 2.24) is 9.88 Å². The Labute approximate surface area is 175 Å². The fourth-order valence-corrected chi connectivity index (χ4v) is 4.57. The summed E-state index contributed by atoms with van der Waals surface area (Å²) < 4.78 is 0. The van der Waals surface area contributed by atoms with E-state index in [4.69, 9.17) is 11.6 Å². The summed E-state index contributed by atoms with van der Waals surface area (Å²) in [5, 5.41) is 4.44. The number of benzene rings is 1. The molecule has 0 spiro atoms. The first-order valence-electron chi connectivity index (χ1n) is 9.72. The number of nitrogens with one attached hydrogen (secondary N) is 1. The lowest BCUT2D eigenvalue weighted by Crippen LogP contribution is -2.42. The van der Waals surface area contributed by atoms with Gasteiger partial charge in [0.25, 0.3) is 0 Å². The van der Waals surface area contributed by atoms with Crippen LogP contribution in [0, 0.1) is 12.8 Å². The molecular formula is C21H26ClN3O2S. The number of aryl methyl sites for hydroxylation is 1. The standard InChI is InChI=1S/C21H26ClN3O2S/c1-15-14-28-21(23-15)24-18(26)13-25(12-16-8-4-2-5-9-16)20(27)19(22)17-10-6-3-7-11-17/h3,6-7,10-11,14,16,19H,2,4-5,8-9,12-13H2,1H3,(H,23,24,26). The van der Waals surface area contributed by atoms with Gasteiger partial charge in [0.1, 0.15) is 5.38 Å². The van der Waals surface area contributed by atoms with Gasteiger partial charge in [-0.25, -0.2) is 4.98 Å². The van der Waals surface area contributed by atoms with E-state index in [-0.39, 0.29) is 18.4 Å². The highest BCUT2D eigenvalue weighted by atomic mass is 35.5. The van der Waals surface area contributed by atoms with Crippen molar-refractivity contribution < 1.29 is 9.59 Å². The molecule has 1 saturated carbocycles. The number of nitrogens with zero attached hydrogens (tertiary/aromatic N) is 2. The highest BCUT2D eigenvalue weighted by Gasteiger charge is 2.28. The molecule has 3 rings (SSSR count). The molecule has 1 N–H and O–H groups in total. The lowest BCUT2D eigenvalue weighted by molar-refractivity contribution is -0.135. The Morgan fingerprint density at radius 2 is 1.96 bits per heavy atom. The zero-order valence-corrected chi connectivity index (χ0v) is 17.6. The molecule has 1 heterocycles. The molecule has 1 unspecified atom stereocenters. The van der Waals surface area contributed by atoms with Crippen LogP contribution in [0.2, 0.25) is 0 Å². The number of amides is 2. The van der Waals surface area contributed by atoms with Crippen molar-refractivity contribution in [3.05, 3.63) is 47.0 Å². The summed E-state index contributed by atoms with van der Waals surface area (Å²) in [6.45, 7) is 2.44. The molecule has 28 heavy (non-hydrogen) atoms. The van der Waals surface area contributed by atoms with Crippen molar-refractivity contribution in [1.29, 1.82) is 0 Å². The Hall–Kier alpha value is -1.92. The highest BCUT2D eigenvalue weighted by Crippen LogP contribution is 2.28. The fraction of sp³-hybridized carbons (Fsp3) is 0.476. The third-order valence-corrected chi connectivity index (χ3v) is 6.34. The van der Waals surface area contributed by atoms with Crippen molar-refractivity contribution >= 4 is 39.9 Å². The number of alkyl halides is 1. The second-order valence-corrected chi connectivity index (χ2v) is 8.63. The largest absolute Gasteiger partial charge is 0.332 e. The van der Waals surface area contributed by atoms with Crippen LogP contribution in [0.25, 0.3) is 0 Å². The number of halogens is 1. The molecular weight excluding hydrogens is 394 g/mol. The lowest BCUT2D eigenvalue weighted by Gasteiger charge is -2.30. The third kappa shape index (κ3) is 5.79. The van der Waals surface area contributed by atoms with Gasteiger partial charge in [-0.15, -0.1) is 22.9 Å². The molecule has 1 fully saturated rings. The van der Waals surface area contributed by atoms with E-state index >= 15 is 0 Å². The van der Waals surface area contributed by atoms with Crippen LogP contribution in [-0.2, 0) is 9.59 Å². The summed E-state index contributed by atoms with van der Waals surface area (Å²) in [7, 11) is 0. The number of rotatable bonds is 7. The van der Waals surface area contributed by atoms with Crippen LogP contribution in [0.4, 0.5) is 5.13 Å². The average Bonchev–Trinajstić information content (AvgIpc) is 3.12. The molecule has 1 aliphatic rings. The minimum absolute atomic E-state index is 0.00991. The molecule has 1 aromatic carbocycles. The maximum atomic E-state index is 13.1. The van der Waals surface area contributed by atoms with E-state index in [1.165, 1.54) is 30.6 Å². The summed E-state index contributed by atoms with van der Waals surface area (Å²) in [4.78, 5) is 31.5. The van der Waals surface area contributed by atoms with Crippen LogP contribution in [0.15, 0.2) is 35.7 Å². The van der Waals surface area contributed by atoms with E-state index < -0.39 is 5.38 Å². The SMILES string of the molecule is Cc1csc(NC(=O)CN(CC2CCCCC2)C(=O)C(Cl)c2ccccc2)n1. The minimum Gasteiger partial charge on any atom is -0.332 e. The number of aromatic nitrogens is 1. The zero-order valence-electron chi connectivity index (χ0n) is 16.1. The average molecular weight is 420 g/mol. The van der Waals surface area contributed by atoms with E-state index in [1.54, 1.807) is 4.90 Å². The van der Waals surface area contributed by atoms with Gasteiger partial charge in [0.15, 0.2) is 5.13 Å². The molecule has 0 radical (unpaired) electrons. The molecule has 7 heteroatoms. The predicted molar refractivity (Wildman–Crippen MR) is 114 cm³/mol. The lowest BCUT2D eigenvalue weighted by atomic mass is 9.89. The normalized spacial score (nSPS) is 15.8. The van der Waals surface area contributed by atoms with Crippen molar-refractivity contribution in [3.8, 4) is 0 Å². The van der Waals surface area contributed by atoms with Gasteiger partial charge in [-0.3, -0.25) is 9.59 Å². The van der Waals surface area contributed by atoms with Gasteiger partial charge in [-0.1, -0.05) is 49.6 Å². The van der Waals surface area contributed by atoms with Crippen LogP contribution in [0.1, 0.15) is 48.7 Å². The van der Waals surface area contributed by atoms with Gasteiger partial charge in [0.05, 0.1) is 12.2 Å². The van der Waals surface area contributed by atoms with Gasteiger partial charge in [-0.2, -0.15) is 0 Å². The quantitative estimate of drug-likeness (QED) is 0.657. The van der Waals surface area contributed by atoms with Crippen molar-refractivity contribution in [2.75, 3.05) is 18.4 Å². The van der Waals surface area contributed by atoms with Crippen molar-refractivity contribution in [3.63, 3.8) is 0 Å². The summed E-state index contributed by atoms with van der Waals surface area (Å²) in [6.07, 6.45) is 5.79. The minimum atomic E-state index is -0.792. The summed E-state index contributed by atoms with van der Waals surface area (Å²) in [6, 6.07) is 9.29. The molecule has 1 aliphatic carbocycles. The van der Waals surface area contributed by atoms with Gasteiger partial charge in [-0.05, 0) is 31.2 Å². The van der Waals surface area contributed by atoms with E-state index in [9.17, 15) is 9.59 Å². The Bertz CT molecular complexity index is 790. The van der Waals surface area contributed by atoms with E-state index in [0.29, 0.717) is 17.6 Å². The second kappa shape index (κ2) is 10.0. The third-order valence-electron chi connectivity index (χ3n) is 5.02. The summed E-state index contributed by atoms with van der Waals surface area (Å²) >= 11 is 7.86. The molecule has 150 valence electrons. The first-order valence-corrected chi connectivity index (χ1v) is 11.0. The Morgan fingerprint density at radius 3 is 2.61 bits per heavy atom. The van der Waals surface area contributed by atoms with E-state index in [1.807, 2.05) is 42.6 Å². The maximum absolute atomic E-state index is 13.1. The van der Waals surface area contributed by atoms with Crippen LogP contribution in [0.5, 0.6) is 0 Å². The number of hydrogen-bond acceptors (Lipinski definition) is 4. The monoisotopic (exact) mass is 419 g/mol. The number of carbonyl (C=O) groups is 2. The molecule has 1 aromatic heterocycles. The number of carbonyl (C=O) groups excluding carboxylic acids is 2. The fourth-order valence-electron chi connectivity index (χ4n) is 3.58. The molecule has 0 saturated heterocycles. The highest BCUT2D eigenvalue weighted by molar-refractivity contribution is 7.13. The van der Waals surface area contributed by atoms with Crippen LogP contribution in [0.3, 0.4) is 0 Å². The van der Waals surface area contributed by atoms with E-state index in [2.05, 4.69) is 10.3 Å². The Balaban J connectivity index is 1.69. The van der Waals surface area contributed by atoms with Gasteiger partial charge in [0.2, 0.25) is 11.8 Å². The van der Waals surface area contributed by atoms with Gasteiger partial charge >= 0.3 is 0 Å². The number of thiazole rings is 1. The van der Waals surface area contributed by atoms with Crippen molar-refractivity contribution in [2.24, 2.45) is 5.92 Å². The van der Waals surface area contributed by atoms with E-state index in [0.717, 1.165) is 24.1 Å². The smallest absolute Gasteiger partial charge is 0.245 e. The van der Waals surface area contributed by atoms with Crippen molar-refractivity contribution in [2.45, 2.75) is 44.4 Å². The molecule has 0 bridgehead atoms. The topological polar surface area (TPSA) is 62.3 Å². The molecule has 5 nitrogen and oxygen atoms in total. The zero-order chi connectivity index (χ0) is 19.9. The number of hydrogen-bond donors (Lipinski definition) is 1. The first kappa shape index (κ1) is 20.8. The maximum Gasteiger partial charge on any atom is 0.245 e. The van der Waals surface area contributed by atoms with Crippen LogP contribution >= 0.6 is 22.9 Å². The summed E-state index contributed by atoms with van der Waals surface area (Å²) in [5.74, 6) is -0.0356. The Kier molecular flexibility index (Phi) is 7.45. The first-order chi connectivity index (χ1) is 13.5. The predicted octanol–water partition coefficient (Wildman–Crippen LogP) is 4.78.